The smallest absolute Gasteiger partial charge is 0.252 e. The van der Waals surface area contributed by atoms with Gasteiger partial charge in [-0.2, -0.15) is 0 Å². The Bertz CT molecular complexity index is 2600. The molecule has 0 radical (unpaired) electrons. The minimum Gasteiger partial charge on any atom is -0.311 e. The lowest BCUT2D eigenvalue weighted by molar-refractivity contribution is 0.795. The average molecular weight is 924 g/mol. The van der Waals surface area contributed by atoms with Crippen LogP contribution in [-0.4, -0.2) is 6.71 Å². The summed E-state index contributed by atoms with van der Waals surface area (Å²) in [6, 6.07) is 58.1. The third-order valence-electron chi connectivity index (χ3n) is 15.1. The van der Waals surface area contributed by atoms with Crippen LogP contribution in [0.2, 0.25) is 0 Å². The summed E-state index contributed by atoms with van der Waals surface area (Å²) < 4.78 is 0. The number of nitrogens with zero attached hydrogens (tertiary/aromatic N) is 3. The molecule has 360 valence electrons. The van der Waals surface area contributed by atoms with Gasteiger partial charge in [0.25, 0.3) is 6.71 Å². The molecule has 0 unspecified atom stereocenters. The van der Waals surface area contributed by atoms with Crippen molar-refractivity contribution < 1.29 is 0 Å². The molecule has 4 heteroatoms. The van der Waals surface area contributed by atoms with Crippen LogP contribution in [0.15, 0.2) is 146 Å². The van der Waals surface area contributed by atoms with E-state index in [0.29, 0.717) is 0 Å². The van der Waals surface area contributed by atoms with Gasteiger partial charge in [0.1, 0.15) is 0 Å². The maximum absolute atomic E-state index is 2.62. The third kappa shape index (κ3) is 10.5. The normalized spacial score (nSPS) is 12.5. The Labute approximate surface area is 423 Å². The SMILES string of the molecule is CCCCc1ccc(N(c2ccc(CCCC)cc2)c2cc3c4c(c2)N(c2ccc(CCCC)cc2)c2ccc(CCCC)cc2B4c2cc(CCCC)ccc2N3c2ccc(CCCC)cc2)cc1. The Morgan fingerprint density at radius 1 is 0.314 bits per heavy atom. The highest BCUT2D eigenvalue weighted by atomic mass is 15.2. The second-order valence-corrected chi connectivity index (χ2v) is 20.4. The predicted molar refractivity (Wildman–Crippen MR) is 307 cm³/mol. The van der Waals surface area contributed by atoms with Crippen LogP contribution in [0.5, 0.6) is 0 Å². The Kier molecular flexibility index (Phi) is 16.3. The summed E-state index contributed by atoms with van der Waals surface area (Å²) in [4.78, 5) is 7.78. The van der Waals surface area contributed by atoms with Crippen molar-refractivity contribution in [2.45, 2.75) is 157 Å². The minimum atomic E-state index is 0.0662. The zero-order valence-electron chi connectivity index (χ0n) is 43.5. The predicted octanol–water partition coefficient (Wildman–Crippen LogP) is 17.3. The lowest BCUT2D eigenvalue weighted by Crippen LogP contribution is -2.61. The average Bonchev–Trinajstić information content (AvgIpc) is 3.40. The number of fused-ring (bicyclic) bond motifs is 4. The van der Waals surface area contributed by atoms with Gasteiger partial charge in [0.05, 0.1) is 5.69 Å². The fourth-order valence-corrected chi connectivity index (χ4v) is 11.1. The molecule has 0 fully saturated rings. The van der Waals surface area contributed by atoms with Crippen LogP contribution in [0.3, 0.4) is 0 Å². The zero-order valence-corrected chi connectivity index (χ0v) is 43.5. The second kappa shape index (κ2) is 23.3. The van der Waals surface area contributed by atoms with E-state index >= 15 is 0 Å². The van der Waals surface area contributed by atoms with Crippen molar-refractivity contribution >= 4 is 74.3 Å². The van der Waals surface area contributed by atoms with E-state index in [4.69, 9.17) is 0 Å². The molecular formula is C66H78BN3. The molecular weight excluding hydrogens is 846 g/mol. The molecule has 7 aromatic carbocycles. The van der Waals surface area contributed by atoms with Crippen molar-refractivity contribution in [1.29, 1.82) is 0 Å². The van der Waals surface area contributed by atoms with E-state index in [1.54, 1.807) is 0 Å². The van der Waals surface area contributed by atoms with Gasteiger partial charge in [-0.25, -0.2) is 0 Å². The first kappa shape index (κ1) is 49.0. The first-order valence-corrected chi connectivity index (χ1v) is 27.7. The van der Waals surface area contributed by atoms with Crippen LogP contribution in [0.25, 0.3) is 0 Å². The quantitative estimate of drug-likeness (QED) is 0.0592. The molecule has 2 aliphatic heterocycles. The number of rotatable bonds is 23. The molecule has 7 aromatic rings. The molecule has 9 rings (SSSR count). The van der Waals surface area contributed by atoms with Crippen molar-refractivity contribution in [2.75, 3.05) is 14.7 Å². The van der Waals surface area contributed by atoms with E-state index in [0.717, 1.165) is 44.2 Å². The monoisotopic (exact) mass is 924 g/mol. The van der Waals surface area contributed by atoms with Crippen molar-refractivity contribution in [1.82, 2.24) is 0 Å². The Balaban J connectivity index is 1.34. The van der Waals surface area contributed by atoms with E-state index in [9.17, 15) is 0 Å². The molecule has 0 amide bonds. The summed E-state index contributed by atoms with van der Waals surface area (Å²) in [5.74, 6) is 0. The van der Waals surface area contributed by atoms with Crippen LogP contribution in [-0.2, 0) is 38.5 Å². The van der Waals surface area contributed by atoms with Crippen molar-refractivity contribution in [3.63, 3.8) is 0 Å². The van der Waals surface area contributed by atoms with Crippen molar-refractivity contribution in [3.05, 3.63) is 179 Å². The molecule has 0 saturated carbocycles. The van der Waals surface area contributed by atoms with Crippen LogP contribution >= 0.6 is 0 Å². The van der Waals surface area contributed by atoms with E-state index in [1.807, 2.05) is 0 Å². The highest BCUT2D eigenvalue weighted by molar-refractivity contribution is 7.00. The van der Waals surface area contributed by atoms with Gasteiger partial charge in [0.15, 0.2) is 0 Å². The second-order valence-electron chi connectivity index (χ2n) is 20.4. The van der Waals surface area contributed by atoms with Crippen molar-refractivity contribution in [3.8, 4) is 0 Å². The van der Waals surface area contributed by atoms with Gasteiger partial charge in [-0.05, 0) is 200 Å². The van der Waals surface area contributed by atoms with E-state index < -0.39 is 0 Å². The molecule has 0 bridgehead atoms. The van der Waals surface area contributed by atoms with Gasteiger partial charge >= 0.3 is 0 Å². The standard InChI is InChI=1S/C66H78BN3/c1-7-13-19-49-25-35-55(36-26-49)68(56-37-27-50(28-38-56)20-14-8-2)59-47-64-66-65(48-59)70(58-41-31-52(32-42-58)22-16-10-4)63-44-34-54(24-18-12-6)46-61(63)67(66)60-45-53(23-17-11-5)33-43-62(60)69(64)57-39-29-51(30-40-57)21-15-9-3/h25-48H,7-24H2,1-6H3. The van der Waals surface area contributed by atoms with E-state index in [2.05, 4.69) is 202 Å². The van der Waals surface area contributed by atoms with Gasteiger partial charge in [0, 0.05) is 45.5 Å². The fraction of sp³-hybridized carbons (Fsp3) is 0.364. The van der Waals surface area contributed by atoms with E-state index in [-0.39, 0.29) is 6.71 Å². The third-order valence-corrected chi connectivity index (χ3v) is 15.1. The maximum atomic E-state index is 2.62. The van der Waals surface area contributed by atoms with Gasteiger partial charge in [-0.1, -0.05) is 153 Å². The first-order chi connectivity index (χ1) is 34.5. The Hall–Kier alpha value is -6.00. The molecule has 0 atom stereocenters. The maximum Gasteiger partial charge on any atom is 0.252 e. The number of unbranched alkanes of at least 4 members (excludes halogenated alkanes) is 6. The molecule has 0 spiro atoms. The van der Waals surface area contributed by atoms with Crippen LogP contribution in [0.1, 0.15) is 152 Å². The highest BCUT2D eigenvalue weighted by Crippen LogP contribution is 2.48. The Morgan fingerprint density at radius 2 is 0.614 bits per heavy atom. The minimum absolute atomic E-state index is 0.0662. The summed E-state index contributed by atoms with van der Waals surface area (Å²) >= 11 is 0. The summed E-state index contributed by atoms with van der Waals surface area (Å²) in [6.45, 7) is 13.9. The number of aryl methyl sites for hydroxylation is 6. The summed E-state index contributed by atoms with van der Waals surface area (Å²) in [5.41, 5.74) is 23.7. The van der Waals surface area contributed by atoms with Gasteiger partial charge in [-0.15, -0.1) is 0 Å². The van der Waals surface area contributed by atoms with Gasteiger partial charge in [-0.3, -0.25) is 0 Å². The lowest BCUT2D eigenvalue weighted by atomic mass is 9.33. The molecule has 70 heavy (non-hydrogen) atoms. The summed E-state index contributed by atoms with van der Waals surface area (Å²) in [6.07, 6.45) is 20.9. The largest absolute Gasteiger partial charge is 0.311 e. The number of anilines is 9. The van der Waals surface area contributed by atoms with Gasteiger partial charge in [0.2, 0.25) is 0 Å². The highest BCUT2D eigenvalue weighted by Gasteiger charge is 2.44. The number of benzene rings is 7. The van der Waals surface area contributed by atoms with Crippen LogP contribution in [0.4, 0.5) is 51.2 Å². The molecule has 2 heterocycles. The zero-order chi connectivity index (χ0) is 48.4. The van der Waals surface area contributed by atoms with Crippen LogP contribution < -0.4 is 31.1 Å². The molecule has 0 saturated heterocycles. The van der Waals surface area contributed by atoms with Crippen molar-refractivity contribution in [2.24, 2.45) is 0 Å². The van der Waals surface area contributed by atoms with Crippen LogP contribution in [0, 0.1) is 0 Å². The molecule has 0 aromatic heterocycles. The lowest BCUT2D eigenvalue weighted by Gasteiger charge is -2.45. The Morgan fingerprint density at radius 3 is 0.943 bits per heavy atom. The topological polar surface area (TPSA) is 9.72 Å². The summed E-state index contributed by atoms with van der Waals surface area (Å²) in [5, 5.41) is 0. The molecule has 0 aliphatic carbocycles. The van der Waals surface area contributed by atoms with E-state index in [1.165, 1.54) is 172 Å². The molecule has 0 N–H and O–H groups in total. The molecule has 2 aliphatic rings. The number of hydrogen-bond acceptors (Lipinski definition) is 3. The fourth-order valence-electron chi connectivity index (χ4n) is 11.1. The number of hydrogen-bond donors (Lipinski definition) is 0. The first-order valence-electron chi connectivity index (χ1n) is 27.7. The summed E-state index contributed by atoms with van der Waals surface area (Å²) in [7, 11) is 0. The molecule has 3 nitrogen and oxygen atoms in total. The van der Waals surface area contributed by atoms with Gasteiger partial charge < -0.3 is 14.7 Å².